The van der Waals surface area contributed by atoms with Crippen molar-refractivity contribution in [3.05, 3.63) is 29.3 Å². The molecule has 114 valence electrons. The van der Waals surface area contributed by atoms with Crippen LogP contribution in [0.1, 0.15) is 36.2 Å². The molecule has 1 heterocycles. The Morgan fingerprint density at radius 3 is 2.71 bits per heavy atom. The second kappa shape index (κ2) is 5.85. The molecule has 0 saturated carbocycles. The van der Waals surface area contributed by atoms with E-state index < -0.39 is 0 Å². The summed E-state index contributed by atoms with van der Waals surface area (Å²) in [5.74, 6) is -0.0444. The first-order valence-electron chi connectivity index (χ1n) is 7.18. The average Bonchev–Trinajstić information content (AvgIpc) is 2.44. The highest BCUT2D eigenvalue weighted by Crippen LogP contribution is 2.23. The zero-order chi connectivity index (χ0) is 15.6. The Morgan fingerprint density at radius 1 is 1.33 bits per heavy atom. The van der Waals surface area contributed by atoms with Crippen molar-refractivity contribution in [2.45, 2.75) is 32.2 Å². The quantitative estimate of drug-likeness (QED) is 0.886. The standard InChI is InChI=1S/C16H23N3O2/c1-16(2,19(3)4)10-17-15(21)12-5-7-13-11(9-12)6-8-14(20)18-13/h5,7,9H,6,8,10H2,1-4H3,(H,17,21)(H,18,20). The van der Waals surface area contributed by atoms with Crippen molar-refractivity contribution in [3.63, 3.8) is 0 Å². The van der Waals surface area contributed by atoms with Crippen LogP contribution in [-0.4, -0.2) is 42.9 Å². The van der Waals surface area contributed by atoms with Crippen LogP contribution in [0, 0.1) is 0 Å². The van der Waals surface area contributed by atoms with Gasteiger partial charge in [0.05, 0.1) is 0 Å². The number of hydrogen-bond acceptors (Lipinski definition) is 3. The highest BCUT2D eigenvalue weighted by atomic mass is 16.2. The van der Waals surface area contributed by atoms with Gasteiger partial charge in [-0.3, -0.25) is 9.59 Å². The number of nitrogens with zero attached hydrogens (tertiary/aromatic N) is 1. The molecule has 2 N–H and O–H groups in total. The number of carbonyl (C=O) groups excluding carboxylic acids is 2. The highest BCUT2D eigenvalue weighted by Gasteiger charge is 2.22. The third-order valence-electron chi connectivity index (χ3n) is 4.16. The van der Waals surface area contributed by atoms with Gasteiger partial charge in [0.2, 0.25) is 5.91 Å². The maximum atomic E-state index is 12.2. The summed E-state index contributed by atoms with van der Waals surface area (Å²) in [6.45, 7) is 4.73. The van der Waals surface area contributed by atoms with Gasteiger partial charge in [-0.25, -0.2) is 0 Å². The number of hydrogen-bond donors (Lipinski definition) is 2. The Bertz CT molecular complexity index is 565. The zero-order valence-electron chi connectivity index (χ0n) is 13.1. The van der Waals surface area contributed by atoms with Crippen LogP contribution in [0.5, 0.6) is 0 Å². The van der Waals surface area contributed by atoms with Crippen molar-refractivity contribution in [2.75, 3.05) is 26.0 Å². The lowest BCUT2D eigenvalue weighted by Crippen LogP contribution is -2.48. The van der Waals surface area contributed by atoms with Gasteiger partial charge < -0.3 is 15.5 Å². The van der Waals surface area contributed by atoms with Crippen LogP contribution in [-0.2, 0) is 11.2 Å². The second-order valence-electron chi connectivity index (χ2n) is 6.31. The normalized spacial score (nSPS) is 14.6. The average molecular weight is 289 g/mol. The van der Waals surface area contributed by atoms with Gasteiger partial charge in [0.15, 0.2) is 0 Å². The number of fused-ring (bicyclic) bond motifs is 1. The van der Waals surface area contributed by atoms with Gasteiger partial charge >= 0.3 is 0 Å². The van der Waals surface area contributed by atoms with Gasteiger partial charge in [0.1, 0.15) is 0 Å². The van der Waals surface area contributed by atoms with Crippen molar-refractivity contribution < 1.29 is 9.59 Å². The maximum Gasteiger partial charge on any atom is 0.251 e. The van der Waals surface area contributed by atoms with Crippen LogP contribution in [0.4, 0.5) is 5.69 Å². The molecule has 0 aromatic heterocycles. The van der Waals surface area contributed by atoms with Gasteiger partial charge in [-0.1, -0.05) is 0 Å². The summed E-state index contributed by atoms with van der Waals surface area (Å²) in [6.07, 6.45) is 1.16. The molecule has 2 amide bonds. The molecule has 1 aromatic carbocycles. The Hall–Kier alpha value is -1.88. The minimum absolute atomic E-state index is 0.0347. The van der Waals surface area contributed by atoms with E-state index in [-0.39, 0.29) is 17.4 Å². The number of benzene rings is 1. The van der Waals surface area contributed by atoms with E-state index in [0.717, 1.165) is 11.3 Å². The highest BCUT2D eigenvalue weighted by molar-refractivity contribution is 5.97. The van der Waals surface area contributed by atoms with Crippen LogP contribution in [0.15, 0.2) is 18.2 Å². The number of rotatable bonds is 4. The Labute approximate surface area is 125 Å². The smallest absolute Gasteiger partial charge is 0.251 e. The van der Waals surface area contributed by atoms with E-state index in [2.05, 4.69) is 29.4 Å². The SMILES string of the molecule is CN(C)C(C)(C)CNC(=O)c1ccc2c(c1)CCC(=O)N2. The number of aryl methyl sites for hydroxylation is 1. The lowest BCUT2D eigenvalue weighted by Gasteiger charge is -2.32. The number of nitrogens with one attached hydrogen (secondary N) is 2. The summed E-state index contributed by atoms with van der Waals surface area (Å²) >= 11 is 0. The van der Waals surface area contributed by atoms with Crippen molar-refractivity contribution in [1.29, 1.82) is 0 Å². The van der Waals surface area contributed by atoms with Crippen LogP contribution >= 0.6 is 0 Å². The van der Waals surface area contributed by atoms with Crippen LogP contribution in [0.25, 0.3) is 0 Å². The minimum Gasteiger partial charge on any atom is -0.350 e. The molecular weight excluding hydrogens is 266 g/mol. The van der Waals surface area contributed by atoms with Crippen LogP contribution in [0.3, 0.4) is 0 Å². The van der Waals surface area contributed by atoms with E-state index >= 15 is 0 Å². The number of carbonyl (C=O) groups is 2. The topological polar surface area (TPSA) is 61.4 Å². The first-order valence-corrected chi connectivity index (χ1v) is 7.18. The molecule has 0 fully saturated rings. The Kier molecular flexibility index (Phi) is 4.32. The molecule has 5 nitrogen and oxygen atoms in total. The second-order valence-corrected chi connectivity index (χ2v) is 6.31. The van der Waals surface area contributed by atoms with Crippen molar-refractivity contribution in [2.24, 2.45) is 0 Å². The molecular formula is C16H23N3O2. The number of likely N-dealkylation sites (N-methyl/N-ethyl adjacent to an activating group) is 1. The number of anilines is 1. The van der Waals surface area contributed by atoms with E-state index in [1.165, 1.54) is 0 Å². The maximum absolute atomic E-state index is 12.2. The third kappa shape index (κ3) is 3.61. The lowest BCUT2D eigenvalue weighted by atomic mass is 9.99. The molecule has 5 heteroatoms. The fraction of sp³-hybridized carbons (Fsp3) is 0.500. The summed E-state index contributed by atoms with van der Waals surface area (Å²) in [4.78, 5) is 25.7. The summed E-state index contributed by atoms with van der Waals surface area (Å²) in [6, 6.07) is 5.42. The van der Waals surface area contributed by atoms with E-state index in [9.17, 15) is 9.59 Å². The van der Waals surface area contributed by atoms with Crippen molar-refractivity contribution in [1.82, 2.24) is 10.2 Å². The molecule has 1 aliphatic heterocycles. The molecule has 0 bridgehead atoms. The minimum atomic E-state index is -0.0994. The Morgan fingerprint density at radius 2 is 2.05 bits per heavy atom. The summed E-state index contributed by atoms with van der Waals surface area (Å²) < 4.78 is 0. The fourth-order valence-corrected chi connectivity index (χ4v) is 2.08. The van der Waals surface area contributed by atoms with Gasteiger partial charge in [0, 0.05) is 29.8 Å². The monoisotopic (exact) mass is 289 g/mol. The molecule has 21 heavy (non-hydrogen) atoms. The van der Waals surface area contributed by atoms with E-state index in [1.807, 2.05) is 20.2 Å². The van der Waals surface area contributed by atoms with Gasteiger partial charge in [-0.15, -0.1) is 0 Å². The first-order chi connectivity index (χ1) is 9.79. The molecule has 0 unspecified atom stereocenters. The predicted octanol–water partition coefficient (Wildman–Crippen LogP) is 1.64. The summed E-state index contributed by atoms with van der Waals surface area (Å²) in [7, 11) is 3.99. The van der Waals surface area contributed by atoms with Gasteiger partial charge in [-0.05, 0) is 58.1 Å². The molecule has 0 radical (unpaired) electrons. The molecule has 0 aliphatic carbocycles. The number of amides is 2. The largest absolute Gasteiger partial charge is 0.350 e. The lowest BCUT2D eigenvalue weighted by molar-refractivity contribution is -0.116. The van der Waals surface area contributed by atoms with E-state index in [4.69, 9.17) is 0 Å². The predicted molar refractivity (Wildman–Crippen MR) is 83.5 cm³/mol. The van der Waals surface area contributed by atoms with E-state index in [1.54, 1.807) is 12.1 Å². The van der Waals surface area contributed by atoms with Crippen LogP contribution < -0.4 is 10.6 Å². The zero-order valence-corrected chi connectivity index (χ0v) is 13.1. The van der Waals surface area contributed by atoms with E-state index in [0.29, 0.717) is 24.9 Å². The van der Waals surface area contributed by atoms with Crippen molar-refractivity contribution >= 4 is 17.5 Å². The fourth-order valence-electron chi connectivity index (χ4n) is 2.08. The summed E-state index contributed by atoms with van der Waals surface area (Å²) in [5.41, 5.74) is 2.38. The van der Waals surface area contributed by atoms with Crippen LogP contribution in [0.2, 0.25) is 0 Å². The molecule has 0 saturated heterocycles. The molecule has 2 rings (SSSR count). The third-order valence-corrected chi connectivity index (χ3v) is 4.16. The first kappa shape index (κ1) is 15.5. The Balaban J connectivity index is 2.05. The molecule has 1 aromatic rings. The summed E-state index contributed by atoms with van der Waals surface area (Å²) in [5, 5.41) is 5.79. The van der Waals surface area contributed by atoms with Crippen molar-refractivity contribution in [3.8, 4) is 0 Å². The van der Waals surface area contributed by atoms with Gasteiger partial charge in [0.25, 0.3) is 5.91 Å². The molecule has 0 atom stereocenters. The molecule has 1 aliphatic rings. The molecule has 0 spiro atoms. The van der Waals surface area contributed by atoms with Gasteiger partial charge in [-0.2, -0.15) is 0 Å².